The van der Waals surface area contributed by atoms with Crippen LogP contribution < -0.4 is 5.32 Å². The maximum Gasteiger partial charge on any atom is 0.349 e. The molecule has 1 atom stereocenters. The molecule has 0 radical (unpaired) electrons. The second-order valence-corrected chi connectivity index (χ2v) is 3.71. The van der Waals surface area contributed by atoms with Gasteiger partial charge in [0.2, 0.25) is 0 Å². The molecule has 98 valence electrons. The van der Waals surface area contributed by atoms with Gasteiger partial charge in [0, 0.05) is 5.56 Å². The van der Waals surface area contributed by atoms with E-state index in [9.17, 15) is 18.4 Å². The summed E-state index contributed by atoms with van der Waals surface area (Å²) < 4.78 is 27.4. The highest BCUT2D eigenvalue weighted by Crippen LogP contribution is 2.27. The van der Waals surface area contributed by atoms with Gasteiger partial charge in [-0.1, -0.05) is 37.3 Å². The molecule has 0 saturated carbocycles. The summed E-state index contributed by atoms with van der Waals surface area (Å²) in [7, 11) is 0. The Morgan fingerprint density at radius 1 is 1.33 bits per heavy atom. The molecule has 1 aromatic rings. The van der Waals surface area contributed by atoms with Crippen LogP contribution in [0.4, 0.5) is 8.78 Å². The molecule has 0 bridgehead atoms. The van der Waals surface area contributed by atoms with E-state index in [1.54, 1.807) is 6.07 Å². The van der Waals surface area contributed by atoms with E-state index in [1.165, 1.54) is 19.1 Å². The second-order valence-electron chi connectivity index (χ2n) is 3.71. The molecule has 0 aliphatic heterocycles. The van der Waals surface area contributed by atoms with Gasteiger partial charge in [-0.2, -0.15) is 8.78 Å². The van der Waals surface area contributed by atoms with Gasteiger partial charge in [0.15, 0.2) is 0 Å². The lowest BCUT2D eigenvalue weighted by Gasteiger charge is -2.19. The predicted octanol–water partition coefficient (Wildman–Crippen LogP) is 1.76. The average Bonchev–Trinajstić information content (AvgIpc) is 2.36. The van der Waals surface area contributed by atoms with E-state index in [0.29, 0.717) is 0 Å². The normalized spacial score (nSPS) is 12.8. The lowest BCUT2D eigenvalue weighted by Crippen LogP contribution is -2.46. The van der Waals surface area contributed by atoms with Crippen molar-refractivity contribution >= 4 is 11.9 Å². The minimum absolute atomic E-state index is 0.0337. The summed E-state index contributed by atoms with van der Waals surface area (Å²) in [5, 5.41) is 10.5. The molecule has 0 spiro atoms. The molecule has 1 aromatic carbocycles. The van der Waals surface area contributed by atoms with Crippen molar-refractivity contribution in [3.63, 3.8) is 0 Å². The van der Waals surface area contributed by atoms with Crippen LogP contribution in [0.25, 0.3) is 0 Å². The van der Waals surface area contributed by atoms with Crippen LogP contribution in [0.5, 0.6) is 0 Å². The fourth-order valence-electron chi connectivity index (χ4n) is 1.37. The number of amides is 1. The van der Waals surface area contributed by atoms with E-state index in [4.69, 9.17) is 5.11 Å². The number of carbonyl (C=O) groups excluding carboxylic acids is 1. The Kier molecular flexibility index (Phi) is 4.36. The molecule has 1 rings (SSSR count). The van der Waals surface area contributed by atoms with E-state index < -0.39 is 29.4 Å². The van der Waals surface area contributed by atoms with Gasteiger partial charge in [-0.25, -0.2) is 4.79 Å². The fraction of sp³-hybridized carbons (Fsp3) is 0.333. The third-order valence-electron chi connectivity index (χ3n) is 2.43. The largest absolute Gasteiger partial charge is 0.480 e. The van der Waals surface area contributed by atoms with Crippen molar-refractivity contribution in [2.24, 2.45) is 0 Å². The molecular formula is C12H13F2NO3. The first-order valence-corrected chi connectivity index (χ1v) is 5.36. The van der Waals surface area contributed by atoms with E-state index in [-0.39, 0.29) is 6.42 Å². The van der Waals surface area contributed by atoms with Gasteiger partial charge in [-0.05, 0) is 6.42 Å². The molecular weight excluding hydrogens is 244 g/mol. The van der Waals surface area contributed by atoms with Gasteiger partial charge in [0.25, 0.3) is 5.91 Å². The van der Waals surface area contributed by atoms with Crippen molar-refractivity contribution in [2.45, 2.75) is 25.3 Å². The van der Waals surface area contributed by atoms with Crippen LogP contribution in [-0.4, -0.2) is 23.0 Å². The number of nitrogens with one attached hydrogen (secondary N) is 1. The zero-order valence-electron chi connectivity index (χ0n) is 9.69. The summed E-state index contributed by atoms with van der Waals surface area (Å²) >= 11 is 0. The quantitative estimate of drug-likeness (QED) is 0.844. The molecule has 18 heavy (non-hydrogen) atoms. The molecule has 2 N–H and O–H groups in total. The number of halogens is 2. The van der Waals surface area contributed by atoms with Crippen LogP contribution in [0.3, 0.4) is 0 Å². The number of carboxylic acids is 1. The van der Waals surface area contributed by atoms with Crippen LogP contribution in [0.2, 0.25) is 0 Å². The minimum Gasteiger partial charge on any atom is -0.480 e. The van der Waals surface area contributed by atoms with Crippen molar-refractivity contribution < 1.29 is 23.5 Å². The molecule has 1 unspecified atom stereocenters. The lowest BCUT2D eigenvalue weighted by molar-refractivity contribution is -0.152. The first-order chi connectivity index (χ1) is 8.39. The van der Waals surface area contributed by atoms with Crippen molar-refractivity contribution in [3.8, 4) is 0 Å². The van der Waals surface area contributed by atoms with Gasteiger partial charge < -0.3 is 10.4 Å². The Balaban J connectivity index is 2.86. The molecule has 4 nitrogen and oxygen atoms in total. The topological polar surface area (TPSA) is 66.4 Å². The Hall–Kier alpha value is -1.98. The monoisotopic (exact) mass is 257 g/mol. The zero-order chi connectivity index (χ0) is 13.8. The number of hydrogen-bond acceptors (Lipinski definition) is 2. The minimum atomic E-state index is -3.75. The van der Waals surface area contributed by atoms with E-state index >= 15 is 0 Å². The van der Waals surface area contributed by atoms with Gasteiger partial charge in [-0.15, -0.1) is 0 Å². The zero-order valence-corrected chi connectivity index (χ0v) is 9.69. The number of aliphatic carboxylic acids is 1. The second kappa shape index (κ2) is 5.57. The van der Waals surface area contributed by atoms with Crippen LogP contribution >= 0.6 is 0 Å². The number of benzene rings is 1. The molecule has 0 aliphatic carbocycles. The van der Waals surface area contributed by atoms with E-state index in [2.05, 4.69) is 0 Å². The number of carbonyl (C=O) groups is 2. The van der Waals surface area contributed by atoms with Crippen LogP contribution in [0.1, 0.15) is 18.9 Å². The maximum absolute atomic E-state index is 13.7. The van der Waals surface area contributed by atoms with Crippen molar-refractivity contribution in [3.05, 3.63) is 35.9 Å². The van der Waals surface area contributed by atoms with Gasteiger partial charge in [0.05, 0.1) is 0 Å². The van der Waals surface area contributed by atoms with E-state index in [0.717, 1.165) is 12.1 Å². The molecule has 0 aromatic heterocycles. The first kappa shape index (κ1) is 14.1. The summed E-state index contributed by atoms with van der Waals surface area (Å²) in [6, 6.07) is 5.22. The Bertz CT molecular complexity index is 434. The van der Waals surface area contributed by atoms with Crippen molar-refractivity contribution in [1.29, 1.82) is 0 Å². The standard InChI is InChI=1S/C12H13F2NO3/c1-2-9(10(16)17)15-11(18)12(13,14)8-6-4-3-5-7-8/h3-7,9H,2H2,1H3,(H,15,18)(H,16,17). The summed E-state index contributed by atoms with van der Waals surface area (Å²) in [4.78, 5) is 22.1. The molecule has 0 saturated heterocycles. The summed E-state index contributed by atoms with van der Waals surface area (Å²) in [5.74, 6) is -6.69. The molecule has 0 aliphatic rings. The number of alkyl halides is 2. The third kappa shape index (κ3) is 3.03. The Labute approximate surface area is 103 Å². The first-order valence-electron chi connectivity index (χ1n) is 5.36. The van der Waals surface area contributed by atoms with Gasteiger partial charge >= 0.3 is 11.9 Å². The van der Waals surface area contributed by atoms with Crippen LogP contribution in [0, 0.1) is 0 Å². The third-order valence-corrected chi connectivity index (χ3v) is 2.43. The highest BCUT2D eigenvalue weighted by Gasteiger charge is 2.42. The van der Waals surface area contributed by atoms with Crippen molar-refractivity contribution in [2.75, 3.05) is 0 Å². The molecule has 1 amide bonds. The number of carboxylic acid groups (broad SMARTS) is 1. The van der Waals surface area contributed by atoms with Gasteiger partial charge in [0.1, 0.15) is 6.04 Å². The van der Waals surface area contributed by atoms with Crippen LogP contribution in [0.15, 0.2) is 30.3 Å². The lowest BCUT2D eigenvalue weighted by atomic mass is 10.1. The Morgan fingerprint density at radius 2 is 1.89 bits per heavy atom. The highest BCUT2D eigenvalue weighted by molar-refractivity contribution is 5.88. The van der Waals surface area contributed by atoms with Crippen molar-refractivity contribution in [1.82, 2.24) is 5.32 Å². The maximum atomic E-state index is 13.7. The average molecular weight is 257 g/mol. The van der Waals surface area contributed by atoms with E-state index in [1.807, 2.05) is 5.32 Å². The van der Waals surface area contributed by atoms with Gasteiger partial charge in [-0.3, -0.25) is 4.79 Å². The number of rotatable bonds is 5. The smallest absolute Gasteiger partial charge is 0.349 e. The predicted molar refractivity (Wildman–Crippen MR) is 60.2 cm³/mol. The molecule has 0 heterocycles. The highest BCUT2D eigenvalue weighted by atomic mass is 19.3. The van der Waals surface area contributed by atoms with Crippen LogP contribution in [-0.2, 0) is 15.5 Å². The summed E-state index contributed by atoms with van der Waals surface area (Å²) in [5.41, 5.74) is -0.470. The molecule has 0 fully saturated rings. The fourth-order valence-corrected chi connectivity index (χ4v) is 1.37. The summed E-state index contributed by atoms with van der Waals surface area (Å²) in [6.45, 7) is 1.49. The SMILES string of the molecule is CCC(NC(=O)C(F)(F)c1ccccc1)C(=O)O. The number of hydrogen-bond donors (Lipinski definition) is 2. The summed E-state index contributed by atoms with van der Waals surface area (Å²) in [6.07, 6.45) is 0.0337. The Morgan fingerprint density at radius 3 is 2.33 bits per heavy atom. The molecule has 6 heteroatoms.